The fourth-order valence-corrected chi connectivity index (χ4v) is 3.54. The molecule has 0 spiro atoms. The number of methoxy groups -OCH3 is 1. The Morgan fingerprint density at radius 3 is 2.67 bits per heavy atom. The molecule has 0 radical (unpaired) electrons. The molecule has 5 nitrogen and oxygen atoms in total. The van der Waals surface area contributed by atoms with E-state index in [0.717, 1.165) is 58.9 Å². The Kier molecular flexibility index (Phi) is 6.72. The smallest absolute Gasteiger partial charge is 0.119 e. The van der Waals surface area contributed by atoms with Crippen LogP contribution in [0.3, 0.4) is 0 Å². The lowest BCUT2D eigenvalue weighted by Crippen LogP contribution is -2.21. The molecule has 1 heterocycles. The summed E-state index contributed by atoms with van der Waals surface area (Å²) >= 11 is 6.19. The summed E-state index contributed by atoms with van der Waals surface area (Å²) in [6, 6.07) is 11.9. The number of aromatic nitrogens is 1. The molecule has 0 bridgehead atoms. The van der Waals surface area contributed by atoms with E-state index in [1.54, 1.807) is 7.11 Å². The third-order valence-corrected chi connectivity index (χ3v) is 4.99. The molecule has 0 amide bonds. The molecule has 27 heavy (non-hydrogen) atoms. The van der Waals surface area contributed by atoms with E-state index in [1.165, 1.54) is 0 Å². The van der Waals surface area contributed by atoms with Crippen LogP contribution in [0, 0.1) is 0 Å². The Bertz CT molecular complexity index is 909. The molecule has 0 aliphatic carbocycles. The number of nitrogens with one attached hydrogen (secondary N) is 1. The summed E-state index contributed by atoms with van der Waals surface area (Å²) in [6.45, 7) is 0.834. The van der Waals surface area contributed by atoms with Crippen molar-refractivity contribution in [1.29, 1.82) is 0 Å². The van der Waals surface area contributed by atoms with Crippen LogP contribution in [0.5, 0.6) is 5.75 Å². The van der Waals surface area contributed by atoms with Crippen LogP contribution < -0.4 is 15.8 Å². The molecule has 3 aromatic rings. The number of halogens is 1. The number of hydrogen-bond acceptors (Lipinski definition) is 5. The van der Waals surface area contributed by atoms with E-state index >= 15 is 0 Å². The molecule has 1 atom stereocenters. The molecule has 2 aromatic carbocycles. The highest BCUT2D eigenvalue weighted by Gasteiger charge is 2.15. The van der Waals surface area contributed by atoms with Crippen LogP contribution in [0.1, 0.15) is 25.7 Å². The third kappa shape index (κ3) is 4.61. The van der Waals surface area contributed by atoms with Gasteiger partial charge in [0.2, 0.25) is 0 Å². The van der Waals surface area contributed by atoms with Gasteiger partial charge in [-0.15, -0.1) is 0 Å². The monoisotopic (exact) mass is 387 g/mol. The number of aliphatic hydroxyl groups is 1. The van der Waals surface area contributed by atoms with Crippen LogP contribution in [0.25, 0.3) is 21.8 Å². The summed E-state index contributed by atoms with van der Waals surface area (Å²) in [5, 5.41) is 15.6. The zero-order chi connectivity index (χ0) is 19.2. The van der Waals surface area contributed by atoms with E-state index in [-0.39, 0.29) is 12.6 Å². The largest absolute Gasteiger partial charge is 0.497 e. The zero-order valence-electron chi connectivity index (χ0n) is 15.5. The van der Waals surface area contributed by atoms with Crippen LogP contribution in [0.2, 0.25) is 5.02 Å². The zero-order valence-corrected chi connectivity index (χ0v) is 16.3. The second-order valence-electron chi connectivity index (χ2n) is 6.67. The number of ether oxygens (including phenoxy) is 1. The van der Waals surface area contributed by atoms with Gasteiger partial charge in [-0.25, -0.2) is 4.98 Å². The van der Waals surface area contributed by atoms with E-state index in [0.29, 0.717) is 11.6 Å². The number of rotatable bonds is 9. The average molecular weight is 388 g/mol. The minimum Gasteiger partial charge on any atom is -0.497 e. The summed E-state index contributed by atoms with van der Waals surface area (Å²) in [6.07, 6.45) is 3.50. The molecule has 144 valence electrons. The Hall–Kier alpha value is -2.08. The topological polar surface area (TPSA) is 80.4 Å². The number of fused-ring (bicyclic) bond motifs is 2. The summed E-state index contributed by atoms with van der Waals surface area (Å²) in [7, 11) is 1.66. The molecule has 0 saturated heterocycles. The van der Waals surface area contributed by atoms with Crippen molar-refractivity contribution in [1.82, 2.24) is 4.98 Å². The first-order valence-corrected chi connectivity index (χ1v) is 9.68. The molecule has 4 N–H and O–H groups in total. The molecule has 1 aromatic heterocycles. The number of benzene rings is 2. The third-order valence-electron chi connectivity index (χ3n) is 4.76. The lowest BCUT2D eigenvalue weighted by atomic mass is 10.0. The van der Waals surface area contributed by atoms with Crippen LogP contribution in [-0.4, -0.2) is 36.4 Å². The van der Waals surface area contributed by atoms with Crippen LogP contribution >= 0.6 is 11.6 Å². The minimum atomic E-state index is 0.183. The molecule has 0 aliphatic rings. The van der Waals surface area contributed by atoms with Crippen molar-refractivity contribution < 1.29 is 9.84 Å². The molecule has 0 fully saturated rings. The lowest BCUT2D eigenvalue weighted by Gasteiger charge is -2.22. The number of nitrogens with two attached hydrogens (primary N) is 1. The molecular weight excluding hydrogens is 362 g/mol. The summed E-state index contributed by atoms with van der Waals surface area (Å²) < 4.78 is 5.42. The van der Waals surface area contributed by atoms with Crippen molar-refractivity contribution in [2.75, 3.05) is 25.6 Å². The van der Waals surface area contributed by atoms with Gasteiger partial charge in [0.1, 0.15) is 5.75 Å². The lowest BCUT2D eigenvalue weighted by molar-refractivity contribution is 0.280. The molecule has 0 saturated carbocycles. The van der Waals surface area contributed by atoms with Gasteiger partial charge in [-0.05, 0) is 68.6 Å². The van der Waals surface area contributed by atoms with Gasteiger partial charge in [-0.1, -0.05) is 11.6 Å². The normalized spacial score (nSPS) is 12.4. The summed E-state index contributed by atoms with van der Waals surface area (Å²) in [5.74, 6) is 0.787. The Morgan fingerprint density at radius 2 is 1.93 bits per heavy atom. The van der Waals surface area contributed by atoms with Gasteiger partial charge >= 0.3 is 0 Å². The van der Waals surface area contributed by atoms with E-state index in [1.807, 2.05) is 36.4 Å². The van der Waals surface area contributed by atoms with Crippen molar-refractivity contribution in [2.45, 2.75) is 31.7 Å². The fraction of sp³-hybridized carbons (Fsp3) is 0.381. The number of pyridine rings is 1. The average Bonchev–Trinajstić information content (AvgIpc) is 2.68. The number of anilines is 1. The van der Waals surface area contributed by atoms with E-state index in [9.17, 15) is 5.11 Å². The standard InChI is InChI=1S/C21H26ClN3O2/c1-27-16-7-9-19-18(13-16)21(17-8-6-14(22)12-20(17)25-19)24-15(4-2-10-23)5-3-11-26/h6-9,12-13,15,26H,2-5,10-11,23H2,1H3,(H,24,25). The number of nitrogens with zero attached hydrogens (tertiary/aromatic N) is 1. The fourth-order valence-electron chi connectivity index (χ4n) is 3.37. The van der Waals surface area contributed by atoms with E-state index in [4.69, 9.17) is 27.1 Å². The second kappa shape index (κ2) is 9.22. The molecule has 6 heteroatoms. The van der Waals surface area contributed by atoms with Crippen molar-refractivity contribution in [3.05, 3.63) is 41.4 Å². The molecule has 1 unspecified atom stereocenters. The van der Waals surface area contributed by atoms with Crippen molar-refractivity contribution >= 4 is 39.1 Å². The highest BCUT2D eigenvalue weighted by Crippen LogP contribution is 2.35. The maximum absolute atomic E-state index is 9.26. The Morgan fingerprint density at radius 1 is 1.11 bits per heavy atom. The van der Waals surface area contributed by atoms with Crippen LogP contribution in [0.4, 0.5) is 5.69 Å². The molecule has 0 aliphatic heterocycles. The Labute approximate surface area is 164 Å². The SMILES string of the molecule is COc1ccc2nc3cc(Cl)ccc3c(NC(CCCN)CCCO)c2c1. The van der Waals surface area contributed by atoms with Crippen molar-refractivity contribution in [2.24, 2.45) is 5.73 Å². The maximum Gasteiger partial charge on any atom is 0.119 e. The van der Waals surface area contributed by atoms with Gasteiger partial charge in [0.05, 0.1) is 23.8 Å². The van der Waals surface area contributed by atoms with Gasteiger partial charge in [0.25, 0.3) is 0 Å². The Balaban J connectivity index is 2.12. The first kappa shape index (κ1) is 19.7. The van der Waals surface area contributed by atoms with E-state index < -0.39 is 0 Å². The van der Waals surface area contributed by atoms with Gasteiger partial charge in [-0.2, -0.15) is 0 Å². The molecule has 3 rings (SSSR count). The van der Waals surface area contributed by atoms with Gasteiger partial charge < -0.3 is 20.9 Å². The predicted octanol–water partition coefficient (Wildman–Crippen LogP) is 4.34. The van der Waals surface area contributed by atoms with Gasteiger partial charge in [0, 0.05) is 28.4 Å². The minimum absolute atomic E-state index is 0.183. The highest BCUT2D eigenvalue weighted by molar-refractivity contribution is 6.31. The number of aliphatic hydroxyl groups excluding tert-OH is 1. The van der Waals surface area contributed by atoms with Crippen molar-refractivity contribution in [3.63, 3.8) is 0 Å². The van der Waals surface area contributed by atoms with Gasteiger partial charge in [0.15, 0.2) is 0 Å². The van der Waals surface area contributed by atoms with Crippen LogP contribution in [0.15, 0.2) is 36.4 Å². The maximum atomic E-state index is 9.26. The predicted molar refractivity (Wildman–Crippen MR) is 113 cm³/mol. The second-order valence-corrected chi connectivity index (χ2v) is 7.11. The highest BCUT2D eigenvalue weighted by atomic mass is 35.5. The quantitative estimate of drug-likeness (QED) is 0.476. The van der Waals surface area contributed by atoms with Crippen molar-refractivity contribution in [3.8, 4) is 5.75 Å². The summed E-state index contributed by atoms with van der Waals surface area (Å²) in [4.78, 5) is 4.77. The van der Waals surface area contributed by atoms with Crippen LogP contribution in [-0.2, 0) is 0 Å². The van der Waals surface area contributed by atoms with Gasteiger partial charge in [-0.3, -0.25) is 0 Å². The summed E-state index contributed by atoms with van der Waals surface area (Å²) in [5.41, 5.74) is 8.47. The van der Waals surface area contributed by atoms with E-state index in [2.05, 4.69) is 5.32 Å². The first-order valence-electron chi connectivity index (χ1n) is 9.30. The molecular formula is C21H26ClN3O2. The first-order chi connectivity index (χ1) is 13.2. The number of hydrogen-bond donors (Lipinski definition) is 3.